The smallest absolute Gasteiger partial charge is 0.151 e. The number of halogens is 2. The van der Waals surface area contributed by atoms with Crippen molar-refractivity contribution in [2.24, 2.45) is 7.05 Å². The number of rotatable bonds is 3. The summed E-state index contributed by atoms with van der Waals surface area (Å²) in [5.74, 6) is -1.40. The largest absolute Gasteiger partial charge is 0.399 e. The highest BCUT2D eigenvalue weighted by Gasteiger charge is 2.11. The molecular formula is C12H14F2N4. The van der Waals surface area contributed by atoms with Crippen molar-refractivity contribution in [3.63, 3.8) is 0 Å². The van der Waals surface area contributed by atoms with E-state index in [1.807, 2.05) is 14.0 Å². The number of aryl methyl sites for hydroxylation is 1. The molecule has 0 amide bonds. The van der Waals surface area contributed by atoms with Crippen LogP contribution in [-0.4, -0.2) is 9.78 Å². The molecule has 0 radical (unpaired) electrons. The summed E-state index contributed by atoms with van der Waals surface area (Å²) < 4.78 is 28.7. The molecule has 0 saturated heterocycles. The van der Waals surface area contributed by atoms with Crippen molar-refractivity contribution in [2.75, 3.05) is 11.1 Å². The molecule has 0 aliphatic heterocycles. The molecule has 2 aromatic rings. The molecule has 0 atom stereocenters. The topological polar surface area (TPSA) is 55.9 Å². The van der Waals surface area contributed by atoms with E-state index in [1.54, 1.807) is 10.9 Å². The van der Waals surface area contributed by atoms with Crippen LogP contribution in [0.15, 0.2) is 18.3 Å². The van der Waals surface area contributed by atoms with Gasteiger partial charge in [-0.15, -0.1) is 0 Å². The number of hydrogen-bond donors (Lipinski definition) is 2. The summed E-state index contributed by atoms with van der Waals surface area (Å²) in [5, 5.41) is 6.78. The molecule has 0 spiro atoms. The van der Waals surface area contributed by atoms with Crippen molar-refractivity contribution in [3.8, 4) is 0 Å². The molecule has 6 heteroatoms. The van der Waals surface area contributed by atoms with Crippen LogP contribution in [-0.2, 0) is 13.6 Å². The van der Waals surface area contributed by atoms with E-state index >= 15 is 0 Å². The lowest BCUT2D eigenvalue weighted by atomic mass is 10.2. The minimum absolute atomic E-state index is 0.0631. The zero-order valence-corrected chi connectivity index (χ0v) is 10.2. The lowest BCUT2D eigenvalue weighted by Gasteiger charge is -2.09. The number of nitrogens with one attached hydrogen (secondary N) is 1. The van der Waals surface area contributed by atoms with Gasteiger partial charge in [0, 0.05) is 30.5 Å². The van der Waals surface area contributed by atoms with Gasteiger partial charge in [-0.05, 0) is 19.1 Å². The van der Waals surface area contributed by atoms with Gasteiger partial charge >= 0.3 is 0 Å². The first-order chi connectivity index (χ1) is 8.49. The second kappa shape index (κ2) is 4.64. The molecule has 1 heterocycles. The van der Waals surface area contributed by atoms with E-state index in [1.165, 1.54) is 0 Å². The van der Waals surface area contributed by atoms with Gasteiger partial charge in [-0.25, -0.2) is 8.78 Å². The molecule has 0 fully saturated rings. The van der Waals surface area contributed by atoms with Crippen LogP contribution >= 0.6 is 0 Å². The Kier molecular flexibility index (Phi) is 3.18. The zero-order chi connectivity index (χ0) is 13.3. The van der Waals surface area contributed by atoms with Crippen molar-refractivity contribution < 1.29 is 8.78 Å². The van der Waals surface area contributed by atoms with Crippen molar-refractivity contribution in [2.45, 2.75) is 13.5 Å². The van der Waals surface area contributed by atoms with Crippen LogP contribution in [0.5, 0.6) is 0 Å². The molecule has 18 heavy (non-hydrogen) atoms. The Bertz CT molecular complexity index is 554. The standard InChI is InChI=1S/C12H14F2N4/c1-7-8(6-17-18(7)2)5-16-12-10(13)3-9(15)4-11(12)14/h3-4,6,16H,5,15H2,1-2H3. The second-order valence-electron chi connectivity index (χ2n) is 4.09. The molecule has 96 valence electrons. The molecule has 0 unspecified atom stereocenters. The third-order valence-electron chi connectivity index (χ3n) is 2.86. The Morgan fingerprint density at radius 3 is 2.44 bits per heavy atom. The van der Waals surface area contributed by atoms with Gasteiger partial charge in [0.1, 0.15) is 5.69 Å². The molecule has 0 bridgehead atoms. The van der Waals surface area contributed by atoms with Crippen LogP contribution in [0.3, 0.4) is 0 Å². The minimum atomic E-state index is -0.700. The number of nitrogens with zero attached hydrogens (tertiary/aromatic N) is 2. The van der Waals surface area contributed by atoms with Gasteiger partial charge in [0.25, 0.3) is 0 Å². The van der Waals surface area contributed by atoms with E-state index in [4.69, 9.17) is 5.73 Å². The molecule has 1 aromatic carbocycles. The first-order valence-corrected chi connectivity index (χ1v) is 5.45. The lowest BCUT2D eigenvalue weighted by molar-refractivity contribution is 0.589. The first-order valence-electron chi connectivity index (χ1n) is 5.45. The molecule has 3 N–H and O–H groups in total. The number of benzene rings is 1. The number of anilines is 2. The quantitative estimate of drug-likeness (QED) is 0.823. The van der Waals surface area contributed by atoms with Crippen LogP contribution in [0.25, 0.3) is 0 Å². The molecule has 1 aromatic heterocycles. The fourth-order valence-corrected chi connectivity index (χ4v) is 1.66. The van der Waals surface area contributed by atoms with Gasteiger partial charge in [0.15, 0.2) is 11.6 Å². The molecular weight excluding hydrogens is 238 g/mol. The Morgan fingerprint density at radius 2 is 1.94 bits per heavy atom. The van der Waals surface area contributed by atoms with Gasteiger partial charge in [-0.2, -0.15) is 5.10 Å². The van der Waals surface area contributed by atoms with Crippen LogP contribution in [0, 0.1) is 18.6 Å². The number of hydrogen-bond acceptors (Lipinski definition) is 3. The maximum absolute atomic E-state index is 13.5. The summed E-state index contributed by atoms with van der Waals surface area (Å²) in [6.07, 6.45) is 1.66. The number of nitrogens with two attached hydrogens (primary N) is 1. The summed E-state index contributed by atoms with van der Waals surface area (Å²) in [5.41, 5.74) is 7.06. The van der Waals surface area contributed by atoms with Gasteiger partial charge in [-0.3, -0.25) is 4.68 Å². The summed E-state index contributed by atoms with van der Waals surface area (Å²) in [4.78, 5) is 0. The fraction of sp³-hybridized carbons (Fsp3) is 0.250. The molecule has 4 nitrogen and oxygen atoms in total. The summed E-state index contributed by atoms with van der Waals surface area (Å²) in [6.45, 7) is 2.19. The van der Waals surface area contributed by atoms with Crippen LogP contribution in [0.1, 0.15) is 11.3 Å². The van der Waals surface area contributed by atoms with Crippen LogP contribution in [0.4, 0.5) is 20.2 Å². The second-order valence-corrected chi connectivity index (χ2v) is 4.09. The highest BCUT2D eigenvalue weighted by molar-refractivity contribution is 5.54. The third kappa shape index (κ3) is 2.27. The van der Waals surface area contributed by atoms with E-state index in [0.717, 1.165) is 23.4 Å². The number of aromatic nitrogens is 2. The van der Waals surface area contributed by atoms with Gasteiger partial charge in [0.05, 0.1) is 6.20 Å². The van der Waals surface area contributed by atoms with Crippen molar-refractivity contribution in [1.82, 2.24) is 9.78 Å². The Balaban J connectivity index is 2.18. The summed E-state index contributed by atoms with van der Waals surface area (Å²) in [6, 6.07) is 2.17. The van der Waals surface area contributed by atoms with Crippen molar-refractivity contribution in [3.05, 3.63) is 41.2 Å². The predicted octanol–water partition coefficient (Wildman–Crippen LogP) is 2.20. The van der Waals surface area contributed by atoms with Crippen LogP contribution < -0.4 is 11.1 Å². The summed E-state index contributed by atoms with van der Waals surface area (Å²) >= 11 is 0. The zero-order valence-electron chi connectivity index (χ0n) is 10.2. The van der Waals surface area contributed by atoms with E-state index in [9.17, 15) is 8.78 Å². The molecule has 0 saturated carbocycles. The lowest BCUT2D eigenvalue weighted by Crippen LogP contribution is -2.05. The average Bonchev–Trinajstić information content (AvgIpc) is 2.59. The van der Waals surface area contributed by atoms with Gasteiger partial charge in [0.2, 0.25) is 0 Å². The van der Waals surface area contributed by atoms with Gasteiger partial charge < -0.3 is 11.1 Å². The monoisotopic (exact) mass is 252 g/mol. The highest BCUT2D eigenvalue weighted by atomic mass is 19.1. The maximum atomic E-state index is 13.5. The SMILES string of the molecule is Cc1c(CNc2c(F)cc(N)cc2F)cnn1C. The first kappa shape index (κ1) is 12.3. The third-order valence-corrected chi connectivity index (χ3v) is 2.86. The normalized spacial score (nSPS) is 10.7. The van der Waals surface area contributed by atoms with Crippen LogP contribution in [0.2, 0.25) is 0 Å². The maximum Gasteiger partial charge on any atom is 0.151 e. The van der Waals surface area contributed by atoms with Gasteiger partial charge in [-0.1, -0.05) is 0 Å². The van der Waals surface area contributed by atoms with E-state index < -0.39 is 11.6 Å². The Morgan fingerprint density at radius 1 is 1.33 bits per heavy atom. The molecule has 0 aliphatic rings. The van der Waals surface area contributed by atoms with E-state index in [-0.39, 0.29) is 11.4 Å². The van der Waals surface area contributed by atoms with Crippen molar-refractivity contribution >= 4 is 11.4 Å². The summed E-state index contributed by atoms with van der Waals surface area (Å²) in [7, 11) is 1.81. The fourth-order valence-electron chi connectivity index (χ4n) is 1.66. The number of nitrogen functional groups attached to an aromatic ring is 1. The van der Waals surface area contributed by atoms with Crippen molar-refractivity contribution in [1.29, 1.82) is 0 Å². The Labute approximate surface area is 103 Å². The molecule has 0 aliphatic carbocycles. The van der Waals surface area contributed by atoms with E-state index in [0.29, 0.717) is 6.54 Å². The highest BCUT2D eigenvalue weighted by Crippen LogP contribution is 2.22. The predicted molar refractivity (Wildman–Crippen MR) is 66.0 cm³/mol. The average molecular weight is 252 g/mol. The minimum Gasteiger partial charge on any atom is -0.399 e. The Hall–Kier alpha value is -2.11. The molecule has 2 rings (SSSR count). The van der Waals surface area contributed by atoms with E-state index in [2.05, 4.69) is 10.4 Å².